The highest BCUT2D eigenvalue weighted by Gasteiger charge is 2.11. The van der Waals surface area contributed by atoms with Gasteiger partial charge in [-0.15, -0.1) is 0 Å². The van der Waals surface area contributed by atoms with E-state index in [1.165, 1.54) is 5.39 Å². The molecule has 3 N–H and O–H groups in total. The van der Waals surface area contributed by atoms with Crippen molar-refractivity contribution in [1.29, 1.82) is 0 Å². The Kier molecular flexibility index (Phi) is 2.06. The molecule has 1 atom stereocenters. The summed E-state index contributed by atoms with van der Waals surface area (Å²) in [5.74, 6) is 0. The molecular weight excluding hydrogens is 180 g/mol. The number of aromatic amines is 1. The van der Waals surface area contributed by atoms with Gasteiger partial charge in [-0.25, -0.2) is 0 Å². The number of benzene rings is 1. The predicted molar refractivity (Wildman–Crippen MR) is 59.0 cm³/mol. The molecule has 3 heteroatoms. The van der Waals surface area contributed by atoms with Gasteiger partial charge in [0, 0.05) is 22.2 Å². The van der Waals surface area contributed by atoms with Crippen LogP contribution in [0.3, 0.4) is 0 Å². The SMILES string of the molecule is Cc1[nH]c2ccccc2c1C(N)S. The summed E-state index contributed by atoms with van der Waals surface area (Å²) in [4.78, 5) is 3.28. The Bertz CT molecular complexity index is 431. The van der Waals surface area contributed by atoms with Crippen molar-refractivity contribution in [3.05, 3.63) is 35.5 Å². The summed E-state index contributed by atoms with van der Waals surface area (Å²) in [6.07, 6.45) is 0. The summed E-state index contributed by atoms with van der Waals surface area (Å²) >= 11 is 4.26. The van der Waals surface area contributed by atoms with E-state index in [9.17, 15) is 0 Å². The summed E-state index contributed by atoms with van der Waals surface area (Å²) < 4.78 is 0. The fourth-order valence-electron chi connectivity index (χ4n) is 1.68. The summed E-state index contributed by atoms with van der Waals surface area (Å²) in [6, 6.07) is 8.12. The maximum Gasteiger partial charge on any atom is 0.0758 e. The van der Waals surface area contributed by atoms with Gasteiger partial charge in [0.15, 0.2) is 0 Å². The third-order valence-corrected chi connectivity index (χ3v) is 2.50. The van der Waals surface area contributed by atoms with Crippen molar-refractivity contribution in [2.75, 3.05) is 0 Å². The van der Waals surface area contributed by atoms with Gasteiger partial charge in [-0.3, -0.25) is 0 Å². The van der Waals surface area contributed by atoms with Gasteiger partial charge in [0.1, 0.15) is 0 Å². The first kappa shape index (κ1) is 8.66. The first-order valence-electron chi connectivity index (χ1n) is 4.21. The number of H-pyrrole nitrogens is 1. The molecule has 0 aliphatic rings. The molecule has 68 valence electrons. The van der Waals surface area contributed by atoms with E-state index in [1.54, 1.807) is 0 Å². The lowest BCUT2D eigenvalue weighted by molar-refractivity contribution is 1.03. The van der Waals surface area contributed by atoms with E-state index >= 15 is 0 Å². The Labute approximate surface area is 82.5 Å². The van der Waals surface area contributed by atoms with Gasteiger partial charge in [-0.2, -0.15) is 12.6 Å². The van der Waals surface area contributed by atoms with E-state index in [4.69, 9.17) is 5.73 Å². The van der Waals surface area contributed by atoms with E-state index < -0.39 is 0 Å². The van der Waals surface area contributed by atoms with E-state index in [-0.39, 0.29) is 5.37 Å². The van der Waals surface area contributed by atoms with Gasteiger partial charge >= 0.3 is 0 Å². The van der Waals surface area contributed by atoms with Crippen molar-refractivity contribution in [3.8, 4) is 0 Å². The van der Waals surface area contributed by atoms with Crippen LogP contribution >= 0.6 is 12.6 Å². The topological polar surface area (TPSA) is 41.8 Å². The van der Waals surface area contributed by atoms with Crippen molar-refractivity contribution in [2.24, 2.45) is 5.73 Å². The average molecular weight is 192 g/mol. The number of fused-ring (bicyclic) bond motifs is 1. The largest absolute Gasteiger partial charge is 0.358 e. The van der Waals surface area contributed by atoms with Gasteiger partial charge in [-0.1, -0.05) is 18.2 Å². The number of aromatic nitrogens is 1. The van der Waals surface area contributed by atoms with Crippen molar-refractivity contribution in [2.45, 2.75) is 12.3 Å². The maximum atomic E-state index is 5.77. The van der Waals surface area contributed by atoms with Gasteiger partial charge in [0.25, 0.3) is 0 Å². The van der Waals surface area contributed by atoms with Crippen molar-refractivity contribution in [1.82, 2.24) is 4.98 Å². The van der Waals surface area contributed by atoms with Crippen LogP contribution in [0, 0.1) is 6.92 Å². The molecule has 2 aromatic rings. The fourth-order valence-corrected chi connectivity index (χ4v) is 2.01. The van der Waals surface area contributed by atoms with Gasteiger partial charge in [0.05, 0.1) is 5.37 Å². The lowest BCUT2D eigenvalue weighted by atomic mass is 10.1. The van der Waals surface area contributed by atoms with Crippen LogP contribution in [0.4, 0.5) is 0 Å². The number of hydrogen-bond acceptors (Lipinski definition) is 2. The van der Waals surface area contributed by atoms with Gasteiger partial charge < -0.3 is 10.7 Å². The van der Waals surface area contributed by atoms with Crippen LogP contribution in [-0.4, -0.2) is 4.98 Å². The Morgan fingerprint density at radius 2 is 2.08 bits per heavy atom. The van der Waals surface area contributed by atoms with Crippen LogP contribution in [0.15, 0.2) is 24.3 Å². The van der Waals surface area contributed by atoms with Crippen molar-refractivity contribution >= 4 is 23.5 Å². The molecule has 0 saturated heterocycles. The quantitative estimate of drug-likeness (QED) is 0.471. The molecule has 1 unspecified atom stereocenters. The molecule has 0 aliphatic heterocycles. The molecule has 0 aliphatic carbocycles. The Morgan fingerprint density at radius 3 is 2.77 bits per heavy atom. The number of hydrogen-bond donors (Lipinski definition) is 3. The van der Waals surface area contributed by atoms with Crippen LogP contribution < -0.4 is 5.73 Å². The second-order valence-corrected chi connectivity index (χ2v) is 3.71. The third kappa shape index (κ3) is 1.34. The maximum absolute atomic E-state index is 5.77. The van der Waals surface area contributed by atoms with Crippen molar-refractivity contribution in [3.63, 3.8) is 0 Å². The van der Waals surface area contributed by atoms with Crippen LogP contribution in [0.5, 0.6) is 0 Å². The first-order chi connectivity index (χ1) is 6.20. The zero-order valence-corrected chi connectivity index (χ0v) is 8.31. The lowest BCUT2D eigenvalue weighted by Gasteiger charge is -2.03. The number of para-hydroxylation sites is 1. The molecule has 0 radical (unpaired) electrons. The average Bonchev–Trinajstić information content (AvgIpc) is 2.39. The highest BCUT2D eigenvalue weighted by atomic mass is 32.1. The molecule has 0 saturated carbocycles. The minimum atomic E-state index is -0.212. The summed E-state index contributed by atoms with van der Waals surface area (Å²) in [6.45, 7) is 2.02. The second kappa shape index (κ2) is 3.09. The second-order valence-electron chi connectivity index (χ2n) is 3.15. The van der Waals surface area contributed by atoms with Gasteiger partial charge in [0.2, 0.25) is 0 Å². The van der Waals surface area contributed by atoms with Crippen LogP contribution in [0.2, 0.25) is 0 Å². The Hall–Kier alpha value is -0.930. The number of thiol groups is 1. The normalized spacial score (nSPS) is 13.5. The van der Waals surface area contributed by atoms with Gasteiger partial charge in [-0.05, 0) is 13.0 Å². The van der Waals surface area contributed by atoms with E-state index in [1.807, 2.05) is 25.1 Å². The summed E-state index contributed by atoms with van der Waals surface area (Å²) in [5, 5.41) is 0.957. The highest BCUT2D eigenvalue weighted by Crippen LogP contribution is 2.27. The molecule has 1 aromatic carbocycles. The van der Waals surface area contributed by atoms with E-state index in [0.29, 0.717) is 0 Å². The fraction of sp³-hybridized carbons (Fsp3) is 0.200. The molecule has 0 bridgehead atoms. The van der Waals surface area contributed by atoms with Crippen LogP contribution in [0.25, 0.3) is 10.9 Å². The van der Waals surface area contributed by atoms with Crippen molar-refractivity contribution < 1.29 is 0 Å². The van der Waals surface area contributed by atoms with Crippen LogP contribution in [0.1, 0.15) is 16.6 Å². The molecule has 2 nitrogen and oxygen atoms in total. The molecule has 2 rings (SSSR count). The smallest absolute Gasteiger partial charge is 0.0758 e. The van der Waals surface area contributed by atoms with E-state index in [0.717, 1.165) is 16.8 Å². The highest BCUT2D eigenvalue weighted by molar-refractivity contribution is 7.80. The zero-order chi connectivity index (χ0) is 9.42. The molecule has 1 aromatic heterocycles. The van der Waals surface area contributed by atoms with Crippen LogP contribution in [-0.2, 0) is 0 Å². The monoisotopic (exact) mass is 192 g/mol. The molecule has 13 heavy (non-hydrogen) atoms. The number of nitrogens with one attached hydrogen (secondary N) is 1. The van der Waals surface area contributed by atoms with E-state index in [2.05, 4.69) is 23.7 Å². The number of nitrogens with two attached hydrogens (primary N) is 1. The zero-order valence-electron chi connectivity index (χ0n) is 7.41. The Morgan fingerprint density at radius 1 is 1.38 bits per heavy atom. The summed E-state index contributed by atoms with van der Waals surface area (Å²) in [7, 11) is 0. The third-order valence-electron chi connectivity index (χ3n) is 2.24. The predicted octanol–water partition coefficient (Wildman–Crippen LogP) is 2.36. The molecule has 0 amide bonds. The number of aryl methyl sites for hydroxylation is 1. The minimum Gasteiger partial charge on any atom is -0.358 e. The molecule has 0 fully saturated rings. The number of rotatable bonds is 1. The molecule has 0 spiro atoms. The standard InChI is InChI=1S/C10H12N2S/c1-6-9(10(11)13)7-4-2-3-5-8(7)12-6/h2-5,10,12-13H,11H2,1H3. The molecular formula is C10H12N2S. The minimum absolute atomic E-state index is 0.212. The molecule has 1 heterocycles. The summed E-state index contributed by atoms with van der Waals surface area (Å²) in [5.41, 5.74) is 9.09. The first-order valence-corrected chi connectivity index (χ1v) is 4.72. The lowest BCUT2D eigenvalue weighted by Crippen LogP contribution is -2.02. The Balaban J connectivity index is 2.78.